The normalized spacial score (nSPS) is 10.5. The second-order valence-corrected chi connectivity index (χ2v) is 2.43. The first-order chi connectivity index (χ1) is 5.91. The molecule has 0 aromatic heterocycles. The van der Waals surface area contributed by atoms with Gasteiger partial charge in [-0.1, -0.05) is 13.8 Å². The first-order valence-electron chi connectivity index (χ1n) is 3.53. The third-order valence-corrected chi connectivity index (χ3v) is 0.871. The van der Waals surface area contributed by atoms with Gasteiger partial charge >= 0.3 is 0 Å². The number of halogens is 3. The second kappa shape index (κ2) is 13.8. The molecule has 0 fully saturated rings. The molecule has 0 radical (unpaired) electrons. The summed E-state index contributed by atoms with van der Waals surface area (Å²) in [5.41, 5.74) is 0. The highest BCUT2D eigenvalue weighted by Gasteiger charge is 2.08. The first-order valence-corrected chi connectivity index (χ1v) is 3.53. The van der Waals surface area contributed by atoms with Gasteiger partial charge in [-0.3, -0.25) is 4.79 Å². The largest absolute Gasteiger partial charge is 0.481 e. The smallest absolute Gasteiger partial charge is 0.300 e. The van der Waals surface area contributed by atoms with Crippen LogP contribution in [0.1, 0.15) is 20.8 Å². The van der Waals surface area contributed by atoms with E-state index in [1.54, 1.807) is 13.8 Å². The van der Waals surface area contributed by atoms with Crippen molar-refractivity contribution in [2.75, 3.05) is 6.67 Å². The van der Waals surface area contributed by atoms with Gasteiger partial charge in [0.1, 0.15) is 12.8 Å². The van der Waals surface area contributed by atoms with Crippen molar-refractivity contribution in [3.63, 3.8) is 0 Å². The van der Waals surface area contributed by atoms with Gasteiger partial charge in [0, 0.05) is 6.92 Å². The molecular weight excluding hydrogens is 187 g/mol. The van der Waals surface area contributed by atoms with Gasteiger partial charge in [-0.25, -0.2) is 8.78 Å². The standard InChI is InChI=1S/C5H10F2.C2H4O2.FH2N/c1-4(2)5(7)3-6;1-2(3)4;1-2/h4-5H,3H2,1-2H3;1H3,(H,3,4);2H2. The van der Waals surface area contributed by atoms with E-state index in [0.29, 0.717) is 0 Å². The molecule has 0 spiro atoms. The van der Waals surface area contributed by atoms with E-state index in [0.717, 1.165) is 6.92 Å². The minimum absolute atomic E-state index is 0.176. The molecule has 3 N–H and O–H groups in total. The minimum Gasteiger partial charge on any atom is -0.481 e. The molecule has 0 heterocycles. The summed E-state index contributed by atoms with van der Waals surface area (Å²) in [6, 6.07) is 0. The summed E-state index contributed by atoms with van der Waals surface area (Å²) in [6.45, 7) is 3.55. The summed E-state index contributed by atoms with van der Waals surface area (Å²) < 4.78 is 32.1. The summed E-state index contributed by atoms with van der Waals surface area (Å²) in [4.78, 5) is 9.00. The van der Waals surface area contributed by atoms with Crippen LogP contribution in [0.5, 0.6) is 0 Å². The van der Waals surface area contributed by atoms with Gasteiger partial charge in [0.05, 0.1) is 0 Å². The molecule has 0 rings (SSSR count). The monoisotopic (exact) mass is 203 g/mol. The summed E-state index contributed by atoms with van der Waals surface area (Å²) >= 11 is 0. The van der Waals surface area contributed by atoms with Crippen molar-refractivity contribution >= 4 is 5.97 Å². The van der Waals surface area contributed by atoms with Gasteiger partial charge in [0.2, 0.25) is 0 Å². The molecule has 0 aromatic carbocycles. The third-order valence-electron chi connectivity index (χ3n) is 0.871. The summed E-state index contributed by atoms with van der Waals surface area (Å²) in [6.07, 6.45) is -1.26. The van der Waals surface area contributed by atoms with Crippen LogP contribution >= 0.6 is 0 Å². The molecule has 3 nitrogen and oxygen atoms in total. The number of carbonyl (C=O) groups is 1. The Morgan fingerprint density at radius 3 is 1.69 bits per heavy atom. The lowest BCUT2D eigenvalue weighted by Gasteiger charge is -2.04. The van der Waals surface area contributed by atoms with E-state index >= 15 is 0 Å². The Bertz CT molecular complexity index is 108. The van der Waals surface area contributed by atoms with E-state index in [2.05, 4.69) is 5.96 Å². The van der Waals surface area contributed by atoms with Crippen molar-refractivity contribution in [2.24, 2.45) is 11.9 Å². The summed E-state index contributed by atoms with van der Waals surface area (Å²) in [5, 5.41) is 7.42. The first kappa shape index (κ1) is 18.1. The maximum atomic E-state index is 11.9. The second-order valence-electron chi connectivity index (χ2n) is 2.43. The highest BCUT2D eigenvalue weighted by molar-refractivity contribution is 5.62. The van der Waals surface area contributed by atoms with Crippen molar-refractivity contribution in [3.8, 4) is 0 Å². The number of carboxylic acid groups (broad SMARTS) is 1. The highest BCUT2D eigenvalue weighted by atomic mass is 19.2. The van der Waals surface area contributed by atoms with Gasteiger partial charge in [-0.15, -0.1) is 4.48 Å². The fourth-order valence-electron chi connectivity index (χ4n) is 0.178. The Morgan fingerprint density at radius 2 is 1.69 bits per heavy atom. The predicted molar refractivity (Wildman–Crippen MR) is 44.3 cm³/mol. The number of nitrogens with two attached hydrogens (primary N) is 1. The Labute approximate surface area is 75.7 Å². The molecular formula is C7H16F3NO2. The molecule has 0 saturated heterocycles. The van der Waals surface area contributed by atoms with Crippen molar-refractivity contribution in [1.29, 1.82) is 0 Å². The highest BCUT2D eigenvalue weighted by Crippen LogP contribution is 2.04. The number of carboxylic acids is 1. The van der Waals surface area contributed by atoms with E-state index in [-0.39, 0.29) is 5.92 Å². The van der Waals surface area contributed by atoms with Crippen molar-refractivity contribution in [2.45, 2.75) is 26.9 Å². The van der Waals surface area contributed by atoms with Crippen LogP contribution in [0.3, 0.4) is 0 Å². The van der Waals surface area contributed by atoms with E-state index < -0.39 is 18.8 Å². The van der Waals surface area contributed by atoms with Crippen LogP contribution in [0.2, 0.25) is 0 Å². The molecule has 0 aromatic rings. The molecule has 1 unspecified atom stereocenters. The maximum Gasteiger partial charge on any atom is 0.300 e. The molecule has 1 atom stereocenters. The summed E-state index contributed by atoms with van der Waals surface area (Å²) in [7, 11) is 0. The molecule has 6 heteroatoms. The van der Waals surface area contributed by atoms with Gasteiger partial charge in [-0.2, -0.15) is 5.96 Å². The fourth-order valence-corrected chi connectivity index (χ4v) is 0.178. The molecule has 0 aliphatic carbocycles. The predicted octanol–water partition coefficient (Wildman–Crippen LogP) is 1.87. The molecule has 0 aliphatic heterocycles. The Kier molecular flexibility index (Phi) is 19.2. The van der Waals surface area contributed by atoms with Crippen molar-refractivity contribution < 1.29 is 23.2 Å². The van der Waals surface area contributed by atoms with Crippen molar-refractivity contribution in [3.05, 3.63) is 0 Å². The fraction of sp³-hybridized carbons (Fsp3) is 0.857. The van der Waals surface area contributed by atoms with Gasteiger partial charge < -0.3 is 5.11 Å². The quantitative estimate of drug-likeness (QED) is 0.673. The minimum atomic E-state index is -1.26. The van der Waals surface area contributed by atoms with Crippen LogP contribution in [0.25, 0.3) is 0 Å². The van der Waals surface area contributed by atoms with E-state index in [1.807, 2.05) is 0 Å². The van der Waals surface area contributed by atoms with Crippen LogP contribution in [-0.2, 0) is 4.79 Å². The van der Waals surface area contributed by atoms with E-state index in [9.17, 15) is 8.78 Å². The average Bonchev–Trinajstić information content (AvgIpc) is 2.05. The summed E-state index contributed by atoms with van der Waals surface area (Å²) in [5.74, 6) is 1.99. The molecule has 13 heavy (non-hydrogen) atoms. The lowest BCUT2D eigenvalue weighted by molar-refractivity contribution is -0.134. The molecule has 0 bridgehead atoms. The van der Waals surface area contributed by atoms with Crippen LogP contribution in [0.15, 0.2) is 0 Å². The molecule has 0 amide bonds. The Balaban J connectivity index is -0.000000142. The third kappa shape index (κ3) is 35.0. The zero-order chi connectivity index (χ0) is 11.4. The van der Waals surface area contributed by atoms with Gasteiger partial charge in [0.15, 0.2) is 0 Å². The number of rotatable bonds is 2. The van der Waals surface area contributed by atoms with Crippen LogP contribution in [-0.4, -0.2) is 23.9 Å². The number of aliphatic carboxylic acids is 1. The SMILES string of the molecule is CC(=O)O.CC(C)C(F)CF.NF. The molecule has 0 aliphatic rings. The Morgan fingerprint density at radius 1 is 1.46 bits per heavy atom. The van der Waals surface area contributed by atoms with Gasteiger partial charge in [-0.05, 0) is 5.92 Å². The van der Waals surface area contributed by atoms with Gasteiger partial charge in [0.25, 0.3) is 5.97 Å². The van der Waals surface area contributed by atoms with E-state index in [1.165, 1.54) is 0 Å². The van der Waals surface area contributed by atoms with E-state index in [4.69, 9.17) is 14.4 Å². The molecule has 0 saturated carbocycles. The number of alkyl halides is 2. The number of hydrogen-bond acceptors (Lipinski definition) is 2. The number of hydrogen-bond donors (Lipinski definition) is 2. The lowest BCUT2D eigenvalue weighted by atomic mass is 10.1. The van der Waals surface area contributed by atoms with Crippen LogP contribution in [0.4, 0.5) is 13.3 Å². The lowest BCUT2D eigenvalue weighted by Crippen LogP contribution is -2.10. The zero-order valence-corrected chi connectivity index (χ0v) is 7.93. The Hall–Kier alpha value is -0.780. The maximum absolute atomic E-state index is 11.9. The average molecular weight is 203 g/mol. The topological polar surface area (TPSA) is 63.3 Å². The zero-order valence-electron chi connectivity index (χ0n) is 7.93. The van der Waals surface area contributed by atoms with Crippen LogP contribution in [0, 0.1) is 5.92 Å². The van der Waals surface area contributed by atoms with Crippen LogP contribution < -0.4 is 5.96 Å². The molecule has 82 valence electrons. The van der Waals surface area contributed by atoms with Crippen molar-refractivity contribution in [1.82, 2.24) is 0 Å².